The molecule has 0 saturated carbocycles. The first kappa shape index (κ1) is 17.7. The highest BCUT2D eigenvalue weighted by Crippen LogP contribution is 2.19. The van der Waals surface area contributed by atoms with Crippen LogP contribution in [0.2, 0.25) is 0 Å². The van der Waals surface area contributed by atoms with Crippen LogP contribution in [0.5, 0.6) is 0 Å². The fourth-order valence-electron chi connectivity index (χ4n) is 3.18. The number of carbonyl (C=O) groups excluding carboxylic acids is 1. The maximum absolute atomic E-state index is 12.3. The first-order valence-corrected chi connectivity index (χ1v) is 10.3. The number of fused-ring (bicyclic) bond motifs is 1. The van der Waals surface area contributed by atoms with Crippen LogP contribution in [0.3, 0.4) is 0 Å². The largest absolute Gasteiger partial charge is 0.334 e. The van der Waals surface area contributed by atoms with Gasteiger partial charge in [-0.3, -0.25) is 4.98 Å². The van der Waals surface area contributed by atoms with Gasteiger partial charge in [-0.1, -0.05) is 19.1 Å². The van der Waals surface area contributed by atoms with Gasteiger partial charge in [0, 0.05) is 37.0 Å². The zero-order valence-corrected chi connectivity index (χ0v) is 15.1. The highest BCUT2D eigenvalue weighted by molar-refractivity contribution is 7.92. The molecule has 2 aromatic rings. The second-order valence-corrected chi connectivity index (χ2v) is 8.90. The van der Waals surface area contributed by atoms with Crippen molar-refractivity contribution in [2.24, 2.45) is 0 Å². The quantitative estimate of drug-likeness (QED) is 0.906. The van der Waals surface area contributed by atoms with Gasteiger partial charge in [-0.15, -0.1) is 0 Å². The molecule has 1 aliphatic rings. The highest BCUT2D eigenvalue weighted by atomic mass is 32.2. The van der Waals surface area contributed by atoms with Gasteiger partial charge in [0.15, 0.2) is 9.84 Å². The predicted octanol–water partition coefficient (Wildman–Crippen LogP) is 2.34. The summed E-state index contributed by atoms with van der Waals surface area (Å²) >= 11 is 0. The van der Waals surface area contributed by atoms with Crippen LogP contribution in [-0.2, 0) is 16.4 Å². The number of benzene rings is 1. The van der Waals surface area contributed by atoms with Gasteiger partial charge in [0.1, 0.15) is 0 Å². The molecule has 0 spiro atoms. The first-order chi connectivity index (χ1) is 12.0. The standard InChI is InChI=1S/C18H23N3O3S/c1-2-25(23,24)16-7-10-21(11-8-16)18(22)20-13-14-5-6-17-15(12-14)4-3-9-19-17/h3-6,9,12,16H,2,7-8,10-11,13H2,1H3,(H,20,22). The molecule has 6 nitrogen and oxygen atoms in total. The van der Waals surface area contributed by atoms with Crippen molar-refractivity contribution in [1.29, 1.82) is 0 Å². The van der Waals surface area contributed by atoms with E-state index in [0.717, 1.165) is 16.5 Å². The Balaban J connectivity index is 1.54. The topological polar surface area (TPSA) is 79.4 Å². The summed E-state index contributed by atoms with van der Waals surface area (Å²) in [5.74, 6) is 0.167. The van der Waals surface area contributed by atoms with Crippen molar-refractivity contribution >= 4 is 26.8 Å². The average Bonchev–Trinajstić information content (AvgIpc) is 2.66. The van der Waals surface area contributed by atoms with Gasteiger partial charge in [0.2, 0.25) is 0 Å². The molecule has 134 valence electrons. The third kappa shape index (κ3) is 4.10. The lowest BCUT2D eigenvalue weighted by Gasteiger charge is -2.31. The Morgan fingerprint density at radius 2 is 2.04 bits per heavy atom. The molecule has 1 aliphatic heterocycles. The second kappa shape index (κ2) is 7.39. The summed E-state index contributed by atoms with van der Waals surface area (Å²) in [6.07, 6.45) is 2.79. The molecule has 25 heavy (non-hydrogen) atoms. The van der Waals surface area contributed by atoms with E-state index < -0.39 is 9.84 Å². The number of sulfone groups is 1. The van der Waals surface area contributed by atoms with Gasteiger partial charge in [0.05, 0.1) is 10.8 Å². The van der Waals surface area contributed by atoms with E-state index in [2.05, 4.69) is 10.3 Å². The molecule has 2 heterocycles. The predicted molar refractivity (Wildman–Crippen MR) is 98.0 cm³/mol. The molecular weight excluding hydrogens is 338 g/mol. The number of likely N-dealkylation sites (tertiary alicyclic amines) is 1. The number of carbonyl (C=O) groups is 1. The van der Waals surface area contributed by atoms with Gasteiger partial charge >= 0.3 is 6.03 Å². The highest BCUT2D eigenvalue weighted by Gasteiger charge is 2.30. The van der Waals surface area contributed by atoms with E-state index in [4.69, 9.17) is 0 Å². The second-order valence-electron chi connectivity index (χ2n) is 6.33. The summed E-state index contributed by atoms with van der Waals surface area (Å²) in [6.45, 7) is 3.08. The lowest BCUT2D eigenvalue weighted by Crippen LogP contribution is -2.46. The van der Waals surface area contributed by atoms with Gasteiger partial charge in [0.25, 0.3) is 0 Å². The van der Waals surface area contributed by atoms with Crippen LogP contribution >= 0.6 is 0 Å². The number of urea groups is 1. The van der Waals surface area contributed by atoms with Gasteiger partial charge in [-0.25, -0.2) is 13.2 Å². The smallest absolute Gasteiger partial charge is 0.317 e. The molecule has 1 aromatic carbocycles. The summed E-state index contributed by atoms with van der Waals surface area (Å²) < 4.78 is 23.8. The zero-order valence-electron chi connectivity index (χ0n) is 14.3. The maximum Gasteiger partial charge on any atom is 0.317 e. The molecule has 1 saturated heterocycles. The van der Waals surface area contributed by atoms with E-state index in [0.29, 0.717) is 32.5 Å². The Kier molecular flexibility index (Phi) is 5.22. The van der Waals surface area contributed by atoms with Crippen molar-refractivity contribution in [2.45, 2.75) is 31.6 Å². The Bertz CT molecular complexity index is 859. The number of pyridine rings is 1. The summed E-state index contributed by atoms with van der Waals surface area (Å²) in [6, 6.07) is 9.65. The molecule has 1 fully saturated rings. The summed E-state index contributed by atoms with van der Waals surface area (Å²) in [4.78, 5) is 18.3. The molecular formula is C18H23N3O3S. The SMILES string of the molecule is CCS(=O)(=O)C1CCN(C(=O)NCc2ccc3ncccc3c2)CC1. The van der Waals surface area contributed by atoms with Crippen LogP contribution in [0, 0.1) is 0 Å². The van der Waals surface area contributed by atoms with Crippen molar-refractivity contribution < 1.29 is 13.2 Å². The molecule has 1 N–H and O–H groups in total. The van der Waals surface area contributed by atoms with Gasteiger partial charge < -0.3 is 10.2 Å². The van der Waals surface area contributed by atoms with E-state index in [1.54, 1.807) is 18.0 Å². The molecule has 0 unspecified atom stereocenters. The molecule has 0 atom stereocenters. The molecule has 3 rings (SSSR count). The number of aromatic nitrogens is 1. The van der Waals surface area contributed by atoms with Crippen molar-refractivity contribution in [1.82, 2.24) is 15.2 Å². The summed E-state index contributed by atoms with van der Waals surface area (Å²) in [5, 5.41) is 3.65. The molecule has 7 heteroatoms. The van der Waals surface area contributed by atoms with Crippen molar-refractivity contribution in [3.8, 4) is 0 Å². The number of rotatable bonds is 4. The Hall–Kier alpha value is -2.15. The maximum atomic E-state index is 12.3. The first-order valence-electron chi connectivity index (χ1n) is 8.57. The number of nitrogens with zero attached hydrogens (tertiary/aromatic N) is 2. The van der Waals surface area contributed by atoms with Gasteiger partial charge in [-0.2, -0.15) is 0 Å². The van der Waals surface area contributed by atoms with E-state index >= 15 is 0 Å². The molecule has 0 bridgehead atoms. The molecule has 0 radical (unpaired) electrons. The monoisotopic (exact) mass is 361 g/mol. The fourth-order valence-corrected chi connectivity index (χ4v) is 4.58. The minimum atomic E-state index is -3.01. The van der Waals surface area contributed by atoms with Crippen LogP contribution < -0.4 is 5.32 Å². The summed E-state index contributed by atoms with van der Waals surface area (Å²) in [7, 11) is -3.01. The number of hydrogen-bond donors (Lipinski definition) is 1. The van der Waals surface area contributed by atoms with Crippen LogP contribution in [0.1, 0.15) is 25.3 Å². The number of piperidine rings is 1. The minimum absolute atomic E-state index is 0.140. The van der Waals surface area contributed by atoms with Gasteiger partial charge in [-0.05, 0) is 36.6 Å². The van der Waals surface area contributed by atoms with E-state index in [-0.39, 0.29) is 17.0 Å². The molecule has 0 aliphatic carbocycles. The van der Waals surface area contributed by atoms with Crippen LogP contribution in [-0.4, -0.2) is 48.4 Å². The number of amides is 2. The van der Waals surface area contributed by atoms with Crippen molar-refractivity contribution in [2.75, 3.05) is 18.8 Å². The van der Waals surface area contributed by atoms with Crippen LogP contribution in [0.4, 0.5) is 4.79 Å². The Morgan fingerprint density at radius 1 is 1.28 bits per heavy atom. The molecule has 2 amide bonds. The van der Waals surface area contributed by atoms with E-state index in [1.807, 2.05) is 30.3 Å². The third-order valence-corrected chi connectivity index (χ3v) is 7.04. The Labute approximate surface area is 148 Å². The minimum Gasteiger partial charge on any atom is -0.334 e. The lowest BCUT2D eigenvalue weighted by molar-refractivity contribution is 0.186. The molecule has 1 aromatic heterocycles. The third-order valence-electron chi connectivity index (χ3n) is 4.75. The van der Waals surface area contributed by atoms with Crippen LogP contribution in [0.15, 0.2) is 36.5 Å². The van der Waals surface area contributed by atoms with Crippen LogP contribution in [0.25, 0.3) is 10.9 Å². The fraction of sp³-hybridized carbons (Fsp3) is 0.444. The van der Waals surface area contributed by atoms with Crippen molar-refractivity contribution in [3.63, 3.8) is 0 Å². The number of nitrogens with one attached hydrogen (secondary N) is 1. The van der Waals surface area contributed by atoms with E-state index in [1.165, 1.54) is 0 Å². The van der Waals surface area contributed by atoms with Crippen molar-refractivity contribution in [3.05, 3.63) is 42.1 Å². The average molecular weight is 361 g/mol. The Morgan fingerprint density at radius 3 is 2.76 bits per heavy atom. The summed E-state index contributed by atoms with van der Waals surface area (Å²) in [5.41, 5.74) is 1.94. The number of hydrogen-bond acceptors (Lipinski definition) is 4. The van der Waals surface area contributed by atoms with E-state index in [9.17, 15) is 13.2 Å². The normalized spacial score (nSPS) is 16.1. The zero-order chi connectivity index (χ0) is 17.9. The lowest BCUT2D eigenvalue weighted by atomic mass is 10.1.